The molecule has 35 heavy (non-hydrogen) atoms. The van der Waals surface area contributed by atoms with Gasteiger partial charge in [0.15, 0.2) is 5.76 Å². The first-order valence-electron chi connectivity index (χ1n) is 11.4. The van der Waals surface area contributed by atoms with Crippen molar-refractivity contribution in [2.45, 2.75) is 45.8 Å². The van der Waals surface area contributed by atoms with Crippen LogP contribution in [0.5, 0.6) is 0 Å². The molecule has 1 N–H and O–H groups in total. The molecule has 182 valence electrons. The highest BCUT2D eigenvalue weighted by Crippen LogP contribution is 2.37. The number of hydrogen-bond donors (Lipinski definition) is 1. The van der Waals surface area contributed by atoms with Crippen molar-refractivity contribution in [1.82, 2.24) is 19.7 Å². The van der Waals surface area contributed by atoms with Gasteiger partial charge in [-0.3, -0.25) is 14.4 Å². The average molecular weight is 494 g/mol. The summed E-state index contributed by atoms with van der Waals surface area (Å²) in [5.74, 6) is -0.803. The largest absolute Gasteiger partial charge is 0.465 e. The first kappa shape index (κ1) is 23.3. The van der Waals surface area contributed by atoms with Gasteiger partial charge in [-0.15, -0.1) is 11.3 Å². The molecule has 0 bridgehead atoms. The number of fused-ring (bicyclic) bond motifs is 1. The number of methoxy groups -OCH3 is 1. The Morgan fingerprint density at radius 1 is 1.26 bits per heavy atom. The summed E-state index contributed by atoms with van der Waals surface area (Å²) >= 11 is 1.21. The van der Waals surface area contributed by atoms with E-state index in [1.54, 1.807) is 12.1 Å². The molecule has 0 radical (unpaired) electrons. The minimum atomic E-state index is -0.522. The first-order chi connectivity index (χ1) is 16.9. The summed E-state index contributed by atoms with van der Waals surface area (Å²) in [5, 5.41) is 8.06. The number of esters is 1. The van der Waals surface area contributed by atoms with Gasteiger partial charge in [-0.1, -0.05) is 0 Å². The van der Waals surface area contributed by atoms with E-state index >= 15 is 0 Å². The van der Waals surface area contributed by atoms with Gasteiger partial charge >= 0.3 is 5.97 Å². The smallest absolute Gasteiger partial charge is 0.350 e. The molecule has 5 rings (SSSR count). The van der Waals surface area contributed by atoms with Crippen LogP contribution in [0, 0.1) is 13.8 Å². The Bertz CT molecular complexity index is 1400. The highest BCUT2D eigenvalue weighted by atomic mass is 32.1. The predicted octanol–water partition coefficient (Wildman–Crippen LogP) is 4.44. The van der Waals surface area contributed by atoms with Gasteiger partial charge in [0.25, 0.3) is 5.91 Å². The molecule has 1 fully saturated rings. The molecule has 10 heteroatoms. The van der Waals surface area contributed by atoms with E-state index in [9.17, 15) is 9.59 Å². The van der Waals surface area contributed by atoms with E-state index in [1.807, 2.05) is 23.9 Å². The lowest BCUT2D eigenvalue weighted by Crippen LogP contribution is -2.26. The summed E-state index contributed by atoms with van der Waals surface area (Å²) in [7, 11) is 3.29. The van der Waals surface area contributed by atoms with Gasteiger partial charge in [0.05, 0.1) is 30.4 Å². The van der Waals surface area contributed by atoms with E-state index in [2.05, 4.69) is 29.2 Å². The number of rotatable bonds is 8. The Kier molecular flexibility index (Phi) is 6.16. The van der Waals surface area contributed by atoms with Crippen LogP contribution < -0.4 is 5.32 Å². The lowest BCUT2D eigenvalue weighted by atomic mass is 10.1. The number of carbonyl (C=O) groups is 2. The van der Waals surface area contributed by atoms with Gasteiger partial charge in [-0.25, -0.2) is 9.78 Å². The maximum Gasteiger partial charge on any atom is 0.350 e. The van der Waals surface area contributed by atoms with Crippen molar-refractivity contribution in [3.8, 4) is 0 Å². The monoisotopic (exact) mass is 493 g/mol. The second-order valence-electron chi connectivity index (χ2n) is 8.79. The van der Waals surface area contributed by atoms with Crippen LogP contribution in [0.2, 0.25) is 0 Å². The zero-order valence-electron chi connectivity index (χ0n) is 20.1. The van der Waals surface area contributed by atoms with Crippen molar-refractivity contribution in [3.63, 3.8) is 0 Å². The predicted molar refractivity (Wildman–Crippen MR) is 133 cm³/mol. The zero-order valence-corrected chi connectivity index (χ0v) is 20.9. The van der Waals surface area contributed by atoms with Crippen molar-refractivity contribution < 1.29 is 18.7 Å². The quantitative estimate of drug-likeness (QED) is 0.362. The van der Waals surface area contributed by atoms with E-state index in [0.717, 1.165) is 17.9 Å². The molecule has 0 unspecified atom stereocenters. The lowest BCUT2D eigenvalue weighted by molar-refractivity contribution is 0.0607. The van der Waals surface area contributed by atoms with E-state index < -0.39 is 11.9 Å². The minimum absolute atomic E-state index is 0.158. The fraction of sp³-hybridized carbons (Fsp3) is 0.360. The molecule has 1 amide bonds. The summed E-state index contributed by atoms with van der Waals surface area (Å²) in [6, 6.07) is 7.59. The Morgan fingerprint density at radius 3 is 2.69 bits per heavy atom. The second kappa shape index (κ2) is 9.27. The lowest BCUT2D eigenvalue weighted by Gasteiger charge is -2.22. The number of aromatic nitrogens is 3. The standard InChI is InChI=1S/C25H27N5O4S/c1-14-19(15(2)29(3)28-14)13-30(17-8-9-17)12-16-7-10-18-21(27-23(31)20-6-5-11-34-20)22(25(32)33-4)35-24(18)26-16/h5-7,10-11,17H,8-9,12-13H2,1-4H3,(H,27,31). The Morgan fingerprint density at radius 2 is 2.06 bits per heavy atom. The number of hydrogen-bond acceptors (Lipinski definition) is 8. The third-order valence-electron chi connectivity index (χ3n) is 6.42. The zero-order chi connectivity index (χ0) is 24.7. The molecule has 0 atom stereocenters. The fourth-order valence-corrected chi connectivity index (χ4v) is 5.33. The summed E-state index contributed by atoms with van der Waals surface area (Å²) in [4.78, 5) is 33.4. The Hall–Kier alpha value is -3.50. The molecule has 1 aliphatic rings. The molecule has 9 nitrogen and oxygen atoms in total. The van der Waals surface area contributed by atoms with E-state index in [4.69, 9.17) is 14.1 Å². The number of anilines is 1. The summed E-state index contributed by atoms with van der Waals surface area (Å²) in [6.45, 7) is 5.66. The molecule has 0 saturated heterocycles. The number of pyridine rings is 1. The van der Waals surface area contributed by atoms with Crippen molar-refractivity contribution >= 4 is 39.1 Å². The van der Waals surface area contributed by atoms with Gasteiger partial charge in [0.2, 0.25) is 0 Å². The van der Waals surface area contributed by atoms with E-state index in [1.165, 1.54) is 48.8 Å². The molecule has 0 aromatic carbocycles. The van der Waals surface area contributed by atoms with Gasteiger partial charge < -0.3 is 14.5 Å². The Labute approximate surface area is 206 Å². The molecule has 0 spiro atoms. The highest BCUT2D eigenvalue weighted by molar-refractivity contribution is 7.21. The highest BCUT2D eigenvalue weighted by Gasteiger charge is 2.31. The van der Waals surface area contributed by atoms with Crippen molar-refractivity contribution in [3.05, 3.63) is 63.8 Å². The van der Waals surface area contributed by atoms with Gasteiger partial charge in [0.1, 0.15) is 9.71 Å². The third kappa shape index (κ3) is 4.59. The maximum absolute atomic E-state index is 12.6. The van der Waals surface area contributed by atoms with Crippen LogP contribution in [0.15, 0.2) is 34.9 Å². The molecule has 4 aromatic rings. The number of aryl methyl sites for hydroxylation is 2. The van der Waals surface area contributed by atoms with Gasteiger partial charge in [-0.2, -0.15) is 5.10 Å². The molecule has 1 saturated carbocycles. The van der Waals surface area contributed by atoms with E-state index in [-0.39, 0.29) is 5.76 Å². The number of furan rings is 1. The topological polar surface area (TPSA) is 102 Å². The molecule has 0 aliphatic heterocycles. The summed E-state index contributed by atoms with van der Waals surface area (Å²) in [6.07, 6.45) is 3.78. The molecular formula is C25H27N5O4S. The van der Waals surface area contributed by atoms with Crippen molar-refractivity contribution in [2.24, 2.45) is 7.05 Å². The fourth-order valence-electron chi connectivity index (χ4n) is 4.26. The van der Waals surface area contributed by atoms with Gasteiger partial charge in [0, 0.05) is 42.8 Å². The normalized spacial score (nSPS) is 13.5. The molecule has 4 aromatic heterocycles. The van der Waals surface area contributed by atoms with Crippen molar-refractivity contribution in [1.29, 1.82) is 0 Å². The Balaban J connectivity index is 1.44. The van der Waals surface area contributed by atoms with Crippen LogP contribution in [-0.4, -0.2) is 44.7 Å². The maximum atomic E-state index is 12.6. The van der Waals surface area contributed by atoms with Crippen LogP contribution in [0.4, 0.5) is 5.69 Å². The number of amides is 1. The minimum Gasteiger partial charge on any atom is -0.465 e. The van der Waals surface area contributed by atoms with Crippen LogP contribution in [0.3, 0.4) is 0 Å². The SMILES string of the molecule is COC(=O)c1sc2nc(CN(Cc3c(C)nn(C)c3C)C3CC3)ccc2c1NC(=O)c1ccco1. The molecule has 4 heterocycles. The average Bonchev–Trinajstić information content (AvgIpc) is 3.33. The molecule has 1 aliphatic carbocycles. The number of nitrogens with zero attached hydrogens (tertiary/aromatic N) is 4. The van der Waals surface area contributed by atoms with Crippen LogP contribution in [0.1, 0.15) is 55.7 Å². The number of nitrogens with one attached hydrogen (secondary N) is 1. The van der Waals surface area contributed by atoms with Crippen LogP contribution in [0.25, 0.3) is 10.2 Å². The van der Waals surface area contributed by atoms with Crippen LogP contribution >= 0.6 is 11.3 Å². The molecular weight excluding hydrogens is 466 g/mol. The summed E-state index contributed by atoms with van der Waals surface area (Å²) < 4.78 is 12.1. The van der Waals surface area contributed by atoms with Crippen LogP contribution in [-0.2, 0) is 24.9 Å². The van der Waals surface area contributed by atoms with Crippen molar-refractivity contribution in [2.75, 3.05) is 12.4 Å². The third-order valence-corrected chi connectivity index (χ3v) is 7.50. The second-order valence-corrected chi connectivity index (χ2v) is 9.79. The summed E-state index contributed by atoms with van der Waals surface area (Å²) in [5.41, 5.74) is 4.78. The van der Waals surface area contributed by atoms with E-state index in [0.29, 0.717) is 33.4 Å². The number of thiophene rings is 1. The number of carbonyl (C=O) groups excluding carboxylic acids is 2. The number of ether oxygens (including phenoxy) is 1. The van der Waals surface area contributed by atoms with Gasteiger partial charge in [-0.05, 0) is 51.0 Å². The first-order valence-corrected chi connectivity index (χ1v) is 12.3.